The molecule has 2 N–H and O–H groups in total. The van der Waals surface area contributed by atoms with Gasteiger partial charge >= 0.3 is 0 Å². The Hall–Kier alpha value is -1.61. The van der Waals surface area contributed by atoms with E-state index < -0.39 is 0 Å². The zero-order valence-corrected chi connectivity index (χ0v) is 17.7. The standard InChI is InChI=1S/C19H28N6.HI/c1-20-19(21-11-15-24-12-3-2-4-13-24)22-16-17-6-8-18(9-7-17)25-14-5-10-23-25;/h5-10,14H,2-4,11-13,15-16H2,1H3,(H2,20,21,22);1H. The maximum atomic E-state index is 4.31. The fourth-order valence-corrected chi connectivity index (χ4v) is 3.11. The lowest BCUT2D eigenvalue weighted by Crippen LogP contribution is -2.42. The average Bonchev–Trinajstić information content (AvgIpc) is 3.20. The Morgan fingerprint density at radius 3 is 2.54 bits per heavy atom. The minimum atomic E-state index is 0. The molecular formula is C19H29IN6. The van der Waals surface area contributed by atoms with Crippen molar-refractivity contribution in [1.82, 2.24) is 25.3 Å². The van der Waals surface area contributed by atoms with E-state index in [1.54, 1.807) is 6.20 Å². The van der Waals surface area contributed by atoms with Crippen LogP contribution in [0, 0.1) is 0 Å². The first kappa shape index (κ1) is 20.7. The number of hydrogen-bond donors (Lipinski definition) is 2. The van der Waals surface area contributed by atoms with Crippen LogP contribution in [0.1, 0.15) is 24.8 Å². The first-order valence-corrected chi connectivity index (χ1v) is 9.11. The highest BCUT2D eigenvalue weighted by Crippen LogP contribution is 2.09. The Balaban J connectivity index is 0.00000243. The maximum Gasteiger partial charge on any atom is 0.191 e. The van der Waals surface area contributed by atoms with E-state index in [-0.39, 0.29) is 24.0 Å². The van der Waals surface area contributed by atoms with Gasteiger partial charge in [-0.1, -0.05) is 18.6 Å². The van der Waals surface area contributed by atoms with Crippen molar-refractivity contribution in [3.8, 4) is 5.69 Å². The van der Waals surface area contributed by atoms with Crippen LogP contribution in [-0.4, -0.2) is 53.9 Å². The van der Waals surface area contributed by atoms with E-state index in [2.05, 4.69) is 49.9 Å². The molecule has 0 bridgehead atoms. The molecule has 0 spiro atoms. The average molecular weight is 468 g/mol. The van der Waals surface area contributed by atoms with E-state index in [1.165, 1.54) is 37.9 Å². The van der Waals surface area contributed by atoms with Crippen LogP contribution in [0.2, 0.25) is 0 Å². The summed E-state index contributed by atoms with van der Waals surface area (Å²) < 4.78 is 1.86. The lowest BCUT2D eigenvalue weighted by Gasteiger charge is -2.26. The van der Waals surface area contributed by atoms with Crippen molar-refractivity contribution in [2.45, 2.75) is 25.8 Å². The molecule has 1 aliphatic heterocycles. The summed E-state index contributed by atoms with van der Waals surface area (Å²) in [6, 6.07) is 10.3. The van der Waals surface area contributed by atoms with Gasteiger partial charge < -0.3 is 15.5 Å². The van der Waals surface area contributed by atoms with Crippen LogP contribution in [0.5, 0.6) is 0 Å². The number of guanidine groups is 1. The molecule has 1 aromatic heterocycles. The summed E-state index contributed by atoms with van der Waals surface area (Å²) in [5.74, 6) is 0.855. The highest BCUT2D eigenvalue weighted by molar-refractivity contribution is 14.0. The second-order valence-corrected chi connectivity index (χ2v) is 6.37. The number of halogens is 1. The summed E-state index contributed by atoms with van der Waals surface area (Å²) in [7, 11) is 1.82. The van der Waals surface area contributed by atoms with Gasteiger partial charge in [-0.15, -0.1) is 24.0 Å². The molecule has 2 heterocycles. The molecule has 6 nitrogen and oxygen atoms in total. The number of aliphatic imine (C=N–C) groups is 1. The molecule has 0 radical (unpaired) electrons. The number of benzene rings is 1. The Morgan fingerprint density at radius 2 is 1.88 bits per heavy atom. The van der Waals surface area contributed by atoms with E-state index in [0.717, 1.165) is 31.3 Å². The number of likely N-dealkylation sites (tertiary alicyclic amines) is 1. The summed E-state index contributed by atoms with van der Waals surface area (Å²) in [5.41, 5.74) is 2.28. The Labute approximate surface area is 173 Å². The topological polar surface area (TPSA) is 57.5 Å². The van der Waals surface area contributed by atoms with Crippen molar-refractivity contribution >= 4 is 29.9 Å². The number of aromatic nitrogens is 2. The smallest absolute Gasteiger partial charge is 0.191 e. The van der Waals surface area contributed by atoms with Crippen LogP contribution >= 0.6 is 24.0 Å². The van der Waals surface area contributed by atoms with Crippen LogP contribution in [-0.2, 0) is 6.54 Å². The van der Waals surface area contributed by atoms with E-state index in [9.17, 15) is 0 Å². The molecule has 1 fully saturated rings. The normalized spacial score (nSPS) is 15.3. The van der Waals surface area contributed by atoms with Crippen molar-refractivity contribution in [3.63, 3.8) is 0 Å². The Kier molecular flexibility index (Phi) is 8.90. The quantitative estimate of drug-likeness (QED) is 0.389. The van der Waals surface area contributed by atoms with Gasteiger partial charge in [0, 0.05) is 39.1 Å². The van der Waals surface area contributed by atoms with Crippen molar-refractivity contribution in [2.75, 3.05) is 33.2 Å². The molecule has 26 heavy (non-hydrogen) atoms. The van der Waals surface area contributed by atoms with Gasteiger partial charge in [0.15, 0.2) is 5.96 Å². The van der Waals surface area contributed by atoms with E-state index >= 15 is 0 Å². The number of rotatable bonds is 6. The van der Waals surface area contributed by atoms with Crippen LogP contribution in [0.4, 0.5) is 0 Å². The largest absolute Gasteiger partial charge is 0.355 e. The molecule has 3 rings (SSSR count). The summed E-state index contributed by atoms with van der Waals surface area (Å²) >= 11 is 0. The number of piperidine rings is 1. The van der Waals surface area contributed by atoms with Crippen molar-refractivity contribution in [3.05, 3.63) is 48.3 Å². The summed E-state index contributed by atoms with van der Waals surface area (Å²) in [4.78, 5) is 6.83. The molecular weight excluding hydrogens is 439 g/mol. The number of nitrogens with zero attached hydrogens (tertiary/aromatic N) is 4. The van der Waals surface area contributed by atoms with Crippen LogP contribution < -0.4 is 10.6 Å². The first-order valence-electron chi connectivity index (χ1n) is 9.11. The third-order valence-corrected chi connectivity index (χ3v) is 4.56. The maximum absolute atomic E-state index is 4.31. The summed E-state index contributed by atoms with van der Waals surface area (Å²) in [5, 5.41) is 11.0. The third-order valence-electron chi connectivity index (χ3n) is 4.56. The van der Waals surface area contributed by atoms with Crippen molar-refractivity contribution < 1.29 is 0 Å². The van der Waals surface area contributed by atoms with Gasteiger partial charge in [0.1, 0.15) is 0 Å². The van der Waals surface area contributed by atoms with Gasteiger partial charge in [0.2, 0.25) is 0 Å². The van der Waals surface area contributed by atoms with E-state index in [4.69, 9.17) is 0 Å². The molecule has 1 aliphatic rings. The zero-order chi connectivity index (χ0) is 17.3. The van der Waals surface area contributed by atoms with Crippen LogP contribution in [0.15, 0.2) is 47.7 Å². The van der Waals surface area contributed by atoms with Crippen LogP contribution in [0.25, 0.3) is 5.69 Å². The SMILES string of the molecule is CN=C(NCCN1CCCCC1)NCc1ccc(-n2cccn2)cc1.I. The van der Waals surface area contributed by atoms with E-state index in [0.29, 0.717) is 0 Å². The van der Waals surface area contributed by atoms with Crippen molar-refractivity contribution in [2.24, 2.45) is 4.99 Å². The lowest BCUT2D eigenvalue weighted by molar-refractivity contribution is 0.232. The minimum Gasteiger partial charge on any atom is -0.355 e. The van der Waals surface area contributed by atoms with Gasteiger partial charge in [-0.05, 0) is 49.7 Å². The molecule has 2 aromatic rings. The third kappa shape index (κ3) is 6.28. The second kappa shape index (κ2) is 11.2. The Morgan fingerprint density at radius 1 is 1.12 bits per heavy atom. The minimum absolute atomic E-state index is 0. The molecule has 1 aromatic carbocycles. The molecule has 0 amide bonds. The predicted molar refractivity (Wildman–Crippen MR) is 117 cm³/mol. The first-order chi connectivity index (χ1) is 12.3. The number of nitrogens with one attached hydrogen (secondary N) is 2. The fourth-order valence-electron chi connectivity index (χ4n) is 3.11. The molecule has 0 aliphatic carbocycles. The molecule has 0 unspecified atom stereocenters. The van der Waals surface area contributed by atoms with Gasteiger partial charge in [-0.2, -0.15) is 5.10 Å². The van der Waals surface area contributed by atoms with Gasteiger partial charge in [-0.3, -0.25) is 4.99 Å². The molecule has 0 atom stereocenters. The fraction of sp³-hybridized carbons (Fsp3) is 0.474. The van der Waals surface area contributed by atoms with Gasteiger partial charge in [0.05, 0.1) is 5.69 Å². The number of hydrogen-bond acceptors (Lipinski definition) is 3. The molecule has 7 heteroatoms. The van der Waals surface area contributed by atoms with Crippen LogP contribution in [0.3, 0.4) is 0 Å². The summed E-state index contributed by atoms with van der Waals surface area (Å²) in [6.45, 7) is 5.23. The monoisotopic (exact) mass is 468 g/mol. The molecule has 1 saturated heterocycles. The summed E-state index contributed by atoms with van der Waals surface area (Å²) in [6.07, 6.45) is 7.78. The second-order valence-electron chi connectivity index (χ2n) is 6.37. The molecule has 0 saturated carbocycles. The molecule has 142 valence electrons. The van der Waals surface area contributed by atoms with Gasteiger partial charge in [0.25, 0.3) is 0 Å². The van der Waals surface area contributed by atoms with Crippen molar-refractivity contribution in [1.29, 1.82) is 0 Å². The zero-order valence-electron chi connectivity index (χ0n) is 15.4. The highest BCUT2D eigenvalue weighted by Gasteiger charge is 2.09. The highest BCUT2D eigenvalue weighted by atomic mass is 127. The lowest BCUT2D eigenvalue weighted by atomic mass is 10.1. The van der Waals surface area contributed by atoms with Gasteiger partial charge in [-0.25, -0.2) is 4.68 Å². The predicted octanol–water partition coefficient (Wildman–Crippen LogP) is 2.64. The van der Waals surface area contributed by atoms with E-state index in [1.807, 2.05) is 24.0 Å². The Bertz CT molecular complexity index is 647.